The summed E-state index contributed by atoms with van der Waals surface area (Å²) in [5, 5.41) is 16.0. The zero-order valence-corrected chi connectivity index (χ0v) is 14.1. The smallest absolute Gasteiger partial charge is 0.407 e. The monoisotopic (exact) mass is 308 g/mol. The van der Waals surface area contributed by atoms with Gasteiger partial charge in [-0.25, -0.2) is 4.79 Å². The molecule has 0 fully saturated rings. The molecule has 5 nitrogen and oxygen atoms in total. The fourth-order valence-corrected chi connectivity index (χ4v) is 2.05. The highest BCUT2D eigenvalue weighted by Gasteiger charge is 2.19. The minimum absolute atomic E-state index is 0.00399. The van der Waals surface area contributed by atoms with Crippen LogP contribution in [0.25, 0.3) is 0 Å². The molecule has 22 heavy (non-hydrogen) atoms. The summed E-state index contributed by atoms with van der Waals surface area (Å²) in [6.45, 7) is 10.1. The molecule has 0 aliphatic carbocycles. The lowest BCUT2D eigenvalue weighted by atomic mass is 10.1. The summed E-state index contributed by atoms with van der Waals surface area (Å²) in [5.74, 6) is 0.274. The number of hydrogen-bond acceptors (Lipinski definition) is 4. The van der Waals surface area contributed by atoms with E-state index in [0.29, 0.717) is 6.54 Å². The molecule has 1 rings (SSSR count). The van der Waals surface area contributed by atoms with Crippen molar-refractivity contribution >= 4 is 6.09 Å². The Balaban J connectivity index is 2.50. The van der Waals surface area contributed by atoms with Crippen LogP contribution >= 0.6 is 0 Å². The molecule has 0 radical (unpaired) electrons. The number of rotatable bonds is 6. The molecule has 0 bridgehead atoms. The van der Waals surface area contributed by atoms with E-state index in [-0.39, 0.29) is 17.8 Å². The fourth-order valence-electron chi connectivity index (χ4n) is 2.05. The number of carbonyl (C=O) groups excluding carboxylic acids is 1. The molecule has 3 N–H and O–H groups in total. The average molecular weight is 308 g/mol. The Kier molecular flexibility index (Phi) is 6.68. The number of alkyl carbamates (subject to hydrolysis) is 1. The van der Waals surface area contributed by atoms with E-state index in [4.69, 9.17) is 4.74 Å². The van der Waals surface area contributed by atoms with Gasteiger partial charge in [0.15, 0.2) is 0 Å². The van der Waals surface area contributed by atoms with E-state index in [1.165, 1.54) is 0 Å². The van der Waals surface area contributed by atoms with Gasteiger partial charge >= 0.3 is 6.09 Å². The molecule has 0 spiro atoms. The molecule has 0 aliphatic rings. The number of para-hydroxylation sites is 1. The minimum Gasteiger partial charge on any atom is -0.508 e. The lowest BCUT2D eigenvalue weighted by Gasteiger charge is -2.24. The number of aromatic hydroxyl groups is 1. The highest BCUT2D eigenvalue weighted by Crippen LogP contribution is 2.22. The largest absolute Gasteiger partial charge is 0.508 e. The number of phenolic OH excluding ortho intramolecular Hbond substituents is 1. The normalized spacial score (nSPS) is 14.2. The van der Waals surface area contributed by atoms with Crippen LogP contribution in [0.2, 0.25) is 0 Å². The standard InChI is InChI=1S/C17H28N2O3/c1-6-13(19-16(21)22-17(3,4)5)11-18-12(2)14-9-7-8-10-15(14)20/h7-10,12-13,18,20H,6,11H2,1-5H3,(H,19,21). The summed E-state index contributed by atoms with van der Waals surface area (Å²) in [7, 11) is 0. The van der Waals surface area contributed by atoms with Crippen LogP contribution in [0, 0.1) is 0 Å². The van der Waals surface area contributed by atoms with E-state index in [9.17, 15) is 9.90 Å². The third-order valence-corrected chi connectivity index (χ3v) is 3.29. The fraction of sp³-hybridized carbons (Fsp3) is 0.588. The van der Waals surface area contributed by atoms with E-state index in [1.54, 1.807) is 12.1 Å². The molecule has 124 valence electrons. The summed E-state index contributed by atoms with van der Waals surface area (Å²) < 4.78 is 5.26. The Morgan fingerprint density at radius 3 is 2.50 bits per heavy atom. The number of ether oxygens (including phenoxy) is 1. The van der Waals surface area contributed by atoms with Gasteiger partial charge < -0.3 is 20.5 Å². The summed E-state index contributed by atoms with van der Waals surface area (Å²) >= 11 is 0. The first kappa shape index (κ1) is 18.3. The quantitative estimate of drug-likeness (QED) is 0.754. The molecule has 0 aromatic heterocycles. The van der Waals surface area contributed by atoms with Crippen LogP contribution in [0.5, 0.6) is 5.75 Å². The lowest BCUT2D eigenvalue weighted by molar-refractivity contribution is 0.0502. The molecule has 2 atom stereocenters. The van der Waals surface area contributed by atoms with Gasteiger partial charge in [-0.2, -0.15) is 0 Å². The van der Waals surface area contributed by atoms with Gasteiger partial charge in [-0.15, -0.1) is 0 Å². The predicted octanol–water partition coefficient (Wildman–Crippen LogP) is 3.35. The van der Waals surface area contributed by atoms with Gasteiger partial charge in [0.25, 0.3) is 0 Å². The van der Waals surface area contributed by atoms with Crippen molar-refractivity contribution in [3.05, 3.63) is 29.8 Å². The van der Waals surface area contributed by atoms with Gasteiger partial charge in [-0.3, -0.25) is 0 Å². The topological polar surface area (TPSA) is 70.6 Å². The highest BCUT2D eigenvalue weighted by atomic mass is 16.6. The number of hydrogen-bond donors (Lipinski definition) is 3. The van der Waals surface area contributed by atoms with Gasteiger partial charge in [0.1, 0.15) is 11.4 Å². The number of phenols is 1. The van der Waals surface area contributed by atoms with Crippen molar-refractivity contribution in [3.63, 3.8) is 0 Å². The van der Waals surface area contributed by atoms with E-state index < -0.39 is 11.7 Å². The molecule has 2 unspecified atom stereocenters. The Morgan fingerprint density at radius 1 is 1.32 bits per heavy atom. The minimum atomic E-state index is -0.501. The van der Waals surface area contributed by atoms with E-state index in [0.717, 1.165) is 12.0 Å². The summed E-state index contributed by atoms with van der Waals surface area (Å²) in [4.78, 5) is 11.8. The molecule has 1 aromatic rings. The second-order valence-electron chi connectivity index (χ2n) is 6.44. The van der Waals surface area contributed by atoms with Crippen molar-refractivity contribution in [3.8, 4) is 5.75 Å². The predicted molar refractivity (Wildman–Crippen MR) is 88.0 cm³/mol. The van der Waals surface area contributed by atoms with Crippen molar-refractivity contribution < 1.29 is 14.6 Å². The zero-order chi connectivity index (χ0) is 16.8. The van der Waals surface area contributed by atoms with Crippen LogP contribution in [-0.2, 0) is 4.74 Å². The Bertz CT molecular complexity index is 483. The number of nitrogens with one attached hydrogen (secondary N) is 2. The number of benzene rings is 1. The molecule has 1 amide bonds. The maximum atomic E-state index is 11.8. The van der Waals surface area contributed by atoms with Crippen LogP contribution in [0.15, 0.2) is 24.3 Å². The van der Waals surface area contributed by atoms with Crippen LogP contribution in [0.4, 0.5) is 4.79 Å². The molecular weight excluding hydrogens is 280 g/mol. The van der Waals surface area contributed by atoms with E-state index >= 15 is 0 Å². The SMILES string of the molecule is CCC(CNC(C)c1ccccc1O)NC(=O)OC(C)(C)C. The molecule has 1 aromatic carbocycles. The van der Waals surface area contributed by atoms with Crippen molar-refractivity contribution in [2.75, 3.05) is 6.54 Å². The van der Waals surface area contributed by atoms with Crippen molar-refractivity contribution in [1.29, 1.82) is 0 Å². The molecule has 0 heterocycles. The number of carbonyl (C=O) groups is 1. The second-order valence-corrected chi connectivity index (χ2v) is 6.44. The first-order chi connectivity index (χ1) is 10.2. The zero-order valence-electron chi connectivity index (χ0n) is 14.1. The summed E-state index contributed by atoms with van der Waals surface area (Å²) in [6, 6.07) is 7.21. The average Bonchev–Trinajstić information content (AvgIpc) is 2.41. The van der Waals surface area contributed by atoms with E-state index in [1.807, 2.05) is 46.8 Å². The Hall–Kier alpha value is -1.75. The van der Waals surface area contributed by atoms with Gasteiger partial charge in [0.05, 0.1) is 0 Å². The molecule has 0 saturated heterocycles. The Morgan fingerprint density at radius 2 is 1.95 bits per heavy atom. The molecule has 0 aliphatic heterocycles. The van der Waals surface area contributed by atoms with Crippen LogP contribution in [-0.4, -0.2) is 29.4 Å². The number of amides is 1. The van der Waals surface area contributed by atoms with Crippen LogP contribution in [0.3, 0.4) is 0 Å². The van der Waals surface area contributed by atoms with Crippen molar-refractivity contribution in [2.45, 2.75) is 58.7 Å². The Labute approximate surface area is 133 Å². The van der Waals surface area contributed by atoms with E-state index in [2.05, 4.69) is 10.6 Å². The lowest BCUT2D eigenvalue weighted by Crippen LogP contribution is -2.44. The molecule has 0 saturated carbocycles. The summed E-state index contributed by atoms with van der Waals surface area (Å²) in [6.07, 6.45) is 0.385. The van der Waals surface area contributed by atoms with Crippen LogP contribution < -0.4 is 10.6 Å². The highest BCUT2D eigenvalue weighted by molar-refractivity contribution is 5.68. The third-order valence-electron chi connectivity index (χ3n) is 3.29. The summed E-state index contributed by atoms with van der Waals surface area (Å²) in [5.41, 5.74) is 0.341. The van der Waals surface area contributed by atoms with Gasteiger partial charge in [0.2, 0.25) is 0 Å². The van der Waals surface area contributed by atoms with Gasteiger partial charge in [-0.05, 0) is 40.2 Å². The molecule has 5 heteroatoms. The molecular formula is C17H28N2O3. The van der Waals surface area contributed by atoms with Gasteiger partial charge in [-0.1, -0.05) is 25.1 Å². The first-order valence-electron chi connectivity index (χ1n) is 7.73. The van der Waals surface area contributed by atoms with Crippen molar-refractivity contribution in [2.24, 2.45) is 0 Å². The van der Waals surface area contributed by atoms with Crippen molar-refractivity contribution in [1.82, 2.24) is 10.6 Å². The maximum absolute atomic E-state index is 11.8. The second kappa shape index (κ2) is 8.03. The van der Waals surface area contributed by atoms with Crippen LogP contribution in [0.1, 0.15) is 52.6 Å². The maximum Gasteiger partial charge on any atom is 0.407 e. The van der Waals surface area contributed by atoms with Gasteiger partial charge in [0, 0.05) is 24.2 Å². The third kappa shape index (κ3) is 6.35. The first-order valence-corrected chi connectivity index (χ1v) is 7.73.